The molecule has 1 aromatic carbocycles. The van der Waals surface area contributed by atoms with Gasteiger partial charge >= 0.3 is 0 Å². The Bertz CT molecular complexity index is 710. The smallest absolute Gasteiger partial charge is 0.265 e. The lowest BCUT2D eigenvalue weighted by molar-refractivity contribution is 0.0952. The second-order valence-corrected chi connectivity index (χ2v) is 7.61. The third-order valence-electron chi connectivity index (χ3n) is 4.40. The maximum atomic E-state index is 12.5. The van der Waals surface area contributed by atoms with E-state index < -0.39 is 0 Å². The summed E-state index contributed by atoms with van der Waals surface area (Å²) in [6.07, 6.45) is 4.93. The van der Waals surface area contributed by atoms with Gasteiger partial charge in [-0.2, -0.15) is 0 Å². The van der Waals surface area contributed by atoms with Crippen molar-refractivity contribution < 1.29 is 9.53 Å². The van der Waals surface area contributed by atoms with Gasteiger partial charge in [-0.25, -0.2) is 0 Å². The lowest BCUT2D eigenvalue weighted by Crippen LogP contribution is -2.33. The molecule has 4 nitrogen and oxygen atoms in total. The summed E-state index contributed by atoms with van der Waals surface area (Å²) in [6.45, 7) is 4.13. The number of thiophene rings is 1. The van der Waals surface area contributed by atoms with Crippen LogP contribution in [0.3, 0.4) is 0 Å². The monoisotopic (exact) mass is 366 g/mol. The van der Waals surface area contributed by atoms with Gasteiger partial charge in [-0.15, -0.1) is 11.3 Å². The highest BCUT2D eigenvalue weighted by molar-refractivity contribution is 7.21. The zero-order valence-corrected chi connectivity index (χ0v) is 15.5. The SMILES string of the molecule is COc1c(C(=O)NCCCN2CCCCC2)sc2cc(Cl)ccc12. The first-order valence-electron chi connectivity index (χ1n) is 8.45. The van der Waals surface area contributed by atoms with E-state index >= 15 is 0 Å². The van der Waals surface area contributed by atoms with E-state index in [-0.39, 0.29) is 5.91 Å². The molecule has 1 N–H and O–H groups in total. The van der Waals surface area contributed by atoms with Crippen molar-refractivity contribution in [3.8, 4) is 5.75 Å². The number of nitrogens with one attached hydrogen (secondary N) is 1. The highest BCUT2D eigenvalue weighted by Crippen LogP contribution is 2.38. The Morgan fingerprint density at radius 1 is 1.33 bits per heavy atom. The molecule has 1 fully saturated rings. The van der Waals surface area contributed by atoms with Crippen LogP contribution in [-0.2, 0) is 0 Å². The van der Waals surface area contributed by atoms with Crippen molar-refractivity contribution in [2.75, 3.05) is 33.3 Å². The molecule has 130 valence electrons. The minimum atomic E-state index is -0.0668. The van der Waals surface area contributed by atoms with Crippen LogP contribution in [0.2, 0.25) is 5.02 Å². The van der Waals surface area contributed by atoms with Crippen molar-refractivity contribution in [1.82, 2.24) is 10.2 Å². The van der Waals surface area contributed by atoms with Crippen molar-refractivity contribution in [2.45, 2.75) is 25.7 Å². The predicted molar refractivity (Wildman–Crippen MR) is 101 cm³/mol. The van der Waals surface area contributed by atoms with E-state index in [1.807, 2.05) is 18.2 Å². The van der Waals surface area contributed by atoms with Gasteiger partial charge in [0.2, 0.25) is 0 Å². The van der Waals surface area contributed by atoms with Gasteiger partial charge in [0.15, 0.2) is 0 Å². The van der Waals surface area contributed by atoms with Crippen LogP contribution in [0.5, 0.6) is 5.75 Å². The number of carbonyl (C=O) groups excluding carboxylic acids is 1. The molecule has 0 bridgehead atoms. The molecule has 2 heterocycles. The molecule has 1 aliphatic rings. The van der Waals surface area contributed by atoms with E-state index in [1.165, 1.54) is 43.7 Å². The molecule has 0 saturated carbocycles. The van der Waals surface area contributed by atoms with Crippen molar-refractivity contribution in [2.24, 2.45) is 0 Å². The van der Waals surface area contributed by atoms with Crippen LogP contribution < -0.4 is 10.1 Å². The highest BCUT2D eigenvalue weighted by atomic mass is 35.5. The van der Waals surface area contributed by atoms with Gasteiger partial charge < -0.3 is 15.0 Å². The number of nitrogens with zero attached hydrogens (tertiary/aromatic N) is 1. The van der Waals surface area contributed by atoms with Crippen molar-refractivity contribution in [3.05, 3.63) is 28.1 Å². The van der Waals surface area contributed by atoms with E-state index in [0.717, 1.165) is 23.1 Å². The minimum absolute atomic E-state index is 0.0668. The number of hydrogen-bond donors (Lipinski definition) is 1. The standard InChI is InChI=1S/C18H23ClN2O2S/c1-23-16-14-7-6-13(19)12-15(14)24-17(16)18(22)20-8-5-11-21-9-3-2-4-10-21/h6-7,12H,2-5,8-11H2,1H3,(H,20,22). The molecule has 0 atom stereocenters. The quantitative estimate of drug-likeness (QED) is 0.780. The van der Waals surface area contributed by atoms with Crippen molar-refractivity contribution in [3.63, 3.8) is 0 Å². The molecule has 24 heavy (non-hydrogen) atoms. The van der Waals surface area contributed by atoms with Crippen LogP contribution >= 0.6 is 22.9 Å². The summed E-state index contributed by atoms with van der Waals surface area (Å²) < 4.78 is 6.43. The summed E-state index contributed by atoms with van der Waals surface area (Å²) in [5.74, 6) is 0.572. The average Bonchev–Trinajstić information content (AvgIpc) is 2.97. The van der Waals surface area contributed by atoms with E-state index in [2.05, 4.69) is 10.2 Å². The van der Waals surface area contributed by atoms with Gasteiger partial charge in [0.05, 0.1) is 7.11 Å². The largest absolute Gasteiger partial charge is 0.494 e. The van der Waals surface area contributed by atoms with Crippen LogP contribution in [0.15, 0.2) is 18.2 Å². The number of piperidine rings is 1. The zero-order valence-electron chi connectivity index (χ0n) is 13.9. The molecular formula is C18H23ClN2O2S. The summed E-state index contributed by atoms with van der Waals surface area (Å²) >= 11 is 7.46. The van der Waals surface area contributed by atoms with Crippen LogP contribution in [0, 0.1) is 0 Å². The normalized spacial score (nSPS) is 15.6. The fraction of sp³-hybridized carbons (Fsp3) is 0.500. The number of likely N-dealkylation sites (tertiary alicyclic amines) is 1. The van der Waals surface area contributed by atoms with Crippen LogP contribution in [0.25, 0.3) is 10.1 Å². The molecule has 3 rings (SSSR count). The third kappa shape index (κ3) is 4.02. The van der Waals surface area contributed by atoms with E-state index in [0.29, 0.717) is 22.2 Å². The Balaban J connectivity index is 1.59. The van der Waals surface area contributed by atoms with Crippen LogP contribution in [-0.4, -0.2) is 44.1 Å². The maximum absolute atomic E-state index is 12.5. The molecule has 0 unspecified atom stereocenters. The van der Waals surface area contributed by atoms with E-state index in [4.69, 9.17) is 16.3 Å². The molecule has 6 heteroatoms. The number of methoxy groups -OCH3 is 1. The summed E-state index contributed by atoms with van der Waals surface area (Å²) in [7, 11) is 1.60. The summed E-state index contributed by atoms with van der Waals surface area (Å²) in [5.41, 5.74) is 0. The molecule has 1 saturated heterocycles. The Kier molecular flexibility index (Phi) is 5.98. The number of ether oxygens (including phenoxy) is 1. The third-order valence-corrected chi connectivity index (χ3v) is 5.77. The van der Waals surface area contributed by atoms with Gasteiger partial charge in [-0.05, 0) is 57.1 Å². The number of benzene rings is 1. The fourth-order valence-electron chi connectivity index (χ4n) is 3.17. The summed E-state index contributed by atoms with van der Waals surface area (Å²) in [6, 6.07) is 5.59. The van der Waals surface area contributed by atoms with Crippen molar-refractivity contribution >= 4 is 38.9 Å². The first-order chi connectivity index (χ1) is 11.7. The molecule has 0 spiro atoms. The highest BCUT2D eigenvalue weighted by Gasteiger charge is 2.19. The summed E-state index contributed by atoms with van der Waals surface area (Å²) in [5, 5.41) is 4.62. The summed E-state index contributed by atoms with van der Waals surface area (Å²) in [4.78, 5) is 15.6. The van der Waals surface area contributed by atoms with E-state index in [9.17, 15) is 4.79 Å². The Morgan fingerprint density at radius 3 is 2.88 bits per heavy atom. The van der Waals surface area contributed by atoms with Crippen LogP contribution in [0.1, 0.15) is 35.4 Å². The Labute approximate surface area is 151 Å². The topological polar surface area (TPSA) is 41.6 Å². The van der Waals surface area contributed by atoms with Gasteiger partial charge in [0.25, 0.3) is 5.91 Å². The number of amides is 1. The molecule has 2 aromatic rings. The second kappa shape index (κ2) is 8.19. The first-order valence-corrected chi connectivity index (χ1v) is 9.65. The first kappa shape index (κ1) is 17.5. The van der Waals surface area contributed by atoms with Gasteiger partial charge in [0.1, 0.15) is 10.6 Å². The van der Waals surface area contributed by atoms with Gasteiger partial charge in [-0.1, -0.05) is 18.0 Å². The molecule has 1 aromatic heterocycles. The number of rotatable bonds is 6. The molecular weight excluding hydrogens is 344 g/mol. The number of carbonyl (C=O) groups is 1. The Hall–Kier alpha value is -1.30. The molecule has 1 aliphatic heterocycles. The number of halogens is 1. The van der Waals surface area contributed by atoms with E-state index in [1.54, 1.807) is 7.11 Å². The van der Waals surface area contributed by atoms with Gasteiger partial charge in [-0.3, -0.25) is 4.79 Å². The van der Waals surface area contributed by atoms with Crippen LogP contribution in [0.4, 0.5) is 0 Å². The Morgan fingerprint density at radius 2 is 2.12 bits per heavy atom. The maximum Gasteiger partial charge on any atom is 0.265 e. The number of fused-ring (bicyclic) bond motifs is 1. The molecule has 0 aliphatic carbocycles. The fourth-order valence-corrected chi connectivity index (χ4v) is 4.53. The average molecular weight is 367 g/mol. The minimum Gasteiger partial charge on any atom is -0.494 e. The predicted octanol–water partition coefficient (Wildman–Crippen LogP) is 4.17. The lowest BCUT2D eigenvalue weighted by atomic mass is 10.1. The van der Waals surface area contributed by atoms with Gasteiger partial charge in [0, 0.05) is 21.7 Å². The molecule has 0 radical (unpaired) electrons. The van der Waals surface area contributed by atoms with Crippen molar-refractivity contribution in [1.29, 1.82) is 0 Å². The zero-order chi connectivity index (χ0) is 16.9. The molecule has 1 amide bonds. The lowest BCUT2D eigenvalue weighted by Gasteiger charge is -2.26. The second-order valence-electron chi connectivity index (χ2n) is 6.12. The number of hydrogen-bond acceptors (Lipinski definition) is 4.